The van der Waals surface area contributed by atoms with Crippen LogP contribution in [-0.4, -0.2) is 37.0 Å². The van der Waals surface area contributed by atoms with Gasteiger partial charge in [-0.25, -0.2) is 0 Å². The molecular weight excluding hydrogens is 379 g/mol. The molecule has 1 aromatic carbocycles. The van der Waals surface area contributed by atoms with Crippen molar-refractivity contribution in [2.75, 3.05) is 20.2 Å². The number of likely N-dealkylation sites (tertiary alicyclic amines) is 1. The average Bonchev–Trinajstić information content (AvgIpc) is 2.38. The minimum Gasteiger partial charge on any atom is -0.497 e. The molecule has 4 nitrogen and oxygen atoms in total. The fourth-order valence-corrected chi connectivity index (χ4v) is 2.79. The summed E-state index contributed by atoms with van der Waals surface area (Å²) in [7, 11) is 1.62. The number of nitrogens with zero attached hydrogens (tertiary/aromatic N) is 1. The quantitative estimate of drug-likeness (QED) is 0.781. The van der Waals surface area contributed by atoms with Crippen LogP contribution in [0.2, 0.25) is 0 Å². The largest absolute Gasteiger partial charge is 0.497 e. The van der Waals surface area contributed by atoms with Gasteiger partial charge in [-0.1, -0.05) is 0 Å². The number of hydrogen-bond donors (Lipinski definition) is 1. The molecule has 0 saturated carbocycles. The molecule has 0 atom stereocenters. The molecule has 1 amide bonds. The summed E-state index contributed by atoms with van der Waals surface area (Å²) in [6.45, 7) is 1.50. The molecular formula is C13H18ClIN2O2. The highest BCUT2D eigenvalue weighted by molar-refractivity contribution is 14.1. The van der Waals surface area contributed by atoms with Crippen LogP contribution in [0.5, 0.6) is 5.75 Å². The van der Waals surface area contributed by atoms with Crippen LogP contribution in [0, 0.1) is 3.57 Å². The van der Waals surface area contributed by atoms with Crippen LogP contribution in [0.1, 0.15) is 23.2 Å². The first-order chi connectivity index (χ1) is 8.61. The van der Waals surface area contributed by atoms with Crippen molar-refractivity contribution in [3.05, 3.63) is 27.3 Å². The minimum absolute atomic E-state index is 0. The Bertz CT molecular complexity index is 448. The van der Waals surface area contributed by atoms with E-state index in [1.165, 1.54) is 0 Å². The maximum absolute atomic E-state index is 12.4. The van der Waals surface area contributed by atoms with Gasteiger partial charge in [-0.05, 0) is 53.6 Å². The van der Waals surface area contributed by atoms with Crippen LogP contribution in [-0.2, 0) is 0 Å². The summed E-state index contributed by atoms with van der Waals surface area (Å²) in [4.78, 5) is 14.2. The van der Waals surface area contributed by atoms with Crippen molar-refractivity contribution in [2.45, 2.75) is 18.9 Å². The molecule has 1 fully saturated rings. The van der Waals surface area contributed by atoms with Crippen LogP contribution in [0.3, 0.4) is 0 Å². The second-order valence-electron chi connectivity index (χ2n) is 4.48. The van der Waals surface area contributed by atoms with E-state index in [1.807, 2.05) is 23.1 Å². The third-order valence-electron chi connectivity index (χ3n) is 3.23. The number of piperidine rings is 1. The third-order valence-corrected chi connectivity index (χ3v) is 4.13. The molecule has 0 spiro atoms. The molecule has 1 heterocycles. The number of hydrogen-bond acceptors (Lipinski definition) is 3. The highest BCUT2D eigenvalue weighted by Gasteiger charge is 2.23. The number of ether oxygens (including phenoxy) is 1. The average molecular weight is 397 g/mol. The van der Waals surface area contributed by atoms with Gasteiger partial charge in [-0.2, -0.15) is 0 Å². The fourth-order valence-electron chi connectivity index (χ4n) is 2.07. The van der Waals surface area contributed by atoms with Gasteiger partial charge in [0.25, 0.3) is 5.91 Å². The molecule has 2 N–H and O–H groups in total. The van der Waals surface area contributed by atoms with Gasteiger partial charge in [0.15, 0.2) is 0 Å². The van der Waals surface area contributed by atoms with Crippen molar-refractivity contribution in [3.8, 4) is 5.75 Å². The number of nitrogens with two attached hydrogens (primary N) is 1. The summed E-state index contributed by atoms with van der Waals surface area (Å²) in [5.74, 6) is 0.866. The summed E-state index contributed by atoms with van der Waals surface area (Å²) in [5, 5.41) is 0. The molecule has 1 aliphatic rings. The van der Waals surface area contributed by atoms with Crippen molar-refractivity contribution in [3.63, 3.8) is 0 Å². The molecule has 106 valence electrons. The Morgan fingerprint density at radius 1 is 1.42 bits per heavy atom. The van der Waals surface area contributed by atoms with Crippen molar-refractivity contribution in [2.24, 2.45) is 5.73 Å². The summed E-state index contributed by atoms with van der Waals surface area (Å²) in [5.41, 5.74) is 6.59. The zero-order valence-electron chi connectivity index (χ0n) is 10.8. The smallest absolute Gasteiger partial charge is 0.254 e. The van der Waals surface area contributed by atoms with Gasteiger partial charge in [-0.3, -0.25) is 4.79 Å². The summed E-state index contributed by atoms with van der Waals surface area (Å²) >= 11 is 2.17. The normalized spacial score (nSPS) is 15.8. The summed E-state index contributed by atoms with van der Waals surface area (Å²) in [6, 6.07) is 5.77. The molecule has 0 radical (unpaired) electrons. The van der Waals surface area contributed by atoms with E-state index in [0.717, 1.165) is 40.8 Å². The second kappa shape index (κ2) is 7.31. The third kappa shape index (κ3) is 3.97. The lowest BCUT2D eigenvalue weighted by Crippen LogP contribution is -2.43. The number of methoxy groups -OCH3 is 1. The van der Waals surface area contributed by atoms with E-state index in [2.05, 4.69) is 22.6 Å². The Morgan fingerprint density at radius 2 is 2.05 bits per heavy atom. The predicted molar refractivity (Wildman–Crippen MR) is 86.1 cm³/mol. The zero-order chi connectivity index (χ0) is 13.1. The number of halogens is 2. The molecule has 0 unspecified atom stereocenters. The highest BCUT2D eigenvalue weighted by Crippen LogP contribution is 2.22. The van der Waals surface area contributed by atoms with Gasteiger partial charge in [0.1, 0.15) is 5.75 Å². The predicted octanol–water partition coefficient (Wildman–Crippen LogP) is 2.28. The Balaban J connectivity index is 0.00000180. The standard InChI is InChI=1S/C13H17IN2O2.ClH/c1-18-10-2-3-11(12(14)8-10)13(17)16-6-4-9(15)5-7-16;/h2-3,8-9H,4-7,15H2,1H3;1H. The lowest BCUT2D eigenvalue weighted by Gasteiger charge is -2.30. The van der Waals surface area contributed by atoms with Gasteiger partial charge in [0, 0.05) is 22.7 Å². The van der Waals surface area contributed by atoms with E-state index in [1.54, 1.807) is 7.11 Å². The molecule has 0 bridgehead atoms. The number of amides is 1. The number of rotatable bonds is 2. The van der Waals surface area contributed by atoms with E-state index >= 15 is 0 Å². The molecule has 1 aromatic rings. The van der Waals surface area contributed by atoms with Gasteiger partial charge < -0.3 is 15.4 Å². The van der Waals surface area contributed by atoms with Gasteiger partial charge in [0.2, 0.25) is 0 Å². The monoisotopic (exact) mass is 396 g/mol. The van der Waals surface area contributed by atoms with Crippen LogP contribution >= 0.6 is 35.0 Å². The van der Waals surface area contributed by atoms with Crippen LogP contribution in [0.15, 0.2) is 18.2 Å². The molecule has 6 heteroatoms. The molecule has 0 aromatic heterocycles. The van der Waals surface area contributed by atoms with Crippen LogP contribution in [0.25, 0.3) is 0 Å². The second-order valence-corrected chi connectivity index (χ2v) is 5.64. The first kappa shape index (κ1) is 16.5. The lowest BCUT2D eigenvalue weighted by molar-refractivity contribution is 0.0713. The van der Waals surface area contributed by atoms with Crippen LogP contribution in [0.4, 0.5) is 0 Å². The molecule has 19 heavy (non-hydrogen) atoms. The fraction of sp³-hybridized carbons (Fsp3) is 0.462. The van der Waals surface area contributed by atoms with E-state index in [-0.39, 0.29) is 24.4 Å². The molecule has 1 aliphatic heterocycles. The lowest BCUT2D eigenvalue weighted by atomic mass is 10.0. The van der Waals surface area contributed by atoms with Crippen molar-refractivity contribution in [1.82, 2.24) is 4.90 Å². The van der Waals surface area contributed by atoms with Gasteiger partial charge >= 0.3 is 0 Å². The van der Waals surface area contributed by atoms with Crippen molar-refractivity contribution >= 4 is 40.9 Å². The highest BCUT2D eigenvalue weighted by atomic mass is 127. The van der Waals surface area contributed by atoms with Gasteiger partial charge in [-0.15, -0.1) is 12.4 Å². The SMILES string of the molecule is COc1ccc(C(=O)N2CCC(N)CC2)c(I)c1.Cl. The van der Waals surface area contributed by atoms with E-state index in [4.69, 9.17) is 10.5 Å². The topological polar surface area (TPSA) is 55.6 Å². The molecule has 2 rings (SSSR count). The van der Waals surface area contributed by atoms with Crippen molar-refractivity contribution in [1.29, 1.82) is 0 Å². The Kier molecular flexibility index (Phi) is 6.35. The minimum atomic E-state index is 0. The first-order valence-electron chi connectivity index (χ1n) is 6.00. The maximum Gasteiger partial charge on any atom is 0.254 e. The summed E-state index contributed by atoms with van der Waals surface area (Å²) < 4.78 is 6.07. The van der Waals surface area contributed by atoms with Crippen LogP contribution < -0.4 is 10.5 Å². The zero-order valence-corrected chi connectivity index (χ0v) is 13.7. The van der Waals surface area contributed by atoms with E-state index in [0.29, 0.717) is 0 Å². The Hall–Kier alpha value is -0.530. The molecule has 0 aliphatic carbocycles. The number of carbonyl (C=O) groups is 1. The van der Waals surface area contributed by atoms with E-state index in [9.17, 15) is 4.79 Å². The van der Waals surface area contributed by atoms with Crippen molar-refractivity contribution < 1.29 is 9.53 Å². The maximum atomic E-state index is 12.4. The van der Waals surface area contributed by atoms with E-state index < -0.39 is 0 Å². The molecule has 1 saturated heterocycles. The van der Waals surface area contributed by atoms with Gasteiger partial charge in [0.05, 0.1) is 12.7 Å². The number of benzene rings is 1. The Morgan fingerprint density at radius 3 is 2.58 bits per heavy atom. The Labute approximate surface area is 133 Å². The summed E-state index contributed by atoms with van der Waals surface area (Å²) in [6.07, 6.45) is 1.77. The number of carbonyl (C=O) groups excluding carboxylic acids is 1. The first-order valence-corrected chi connectivity index (χ1v) is 7.08.